The van der Waals surface area contributed by atoms with Gasteiger partial charge in [0.25, 0.3) is 0 Å². The predicted molar refractivity (Wildman–Crippen MR) is 86.2 cm³/mol. The Kier molecular flexibility index (Phi) is 4.36. The van der Waals surface area contributed by atoms with E-state index in [1.165, 1.54) is 0 Å². The minimum Gasteiger partial charge on any atom is -0.377 e. The minimum atomic E-state index is -3.71. The van der Waals surface area contributed by atoms with Crippen LogP contribution in [0.3, 0.4) is 0 Å². The van der Waals surface area contributed by atoms with E-state index in [1.54, 1.807) is 23.5 Å². The van der Waals surface area contributed by atoms with Crippen LogP contribution in [-0.4, -0.2) is 13.4 Å². The molecule has 1 aromatic carbocycles. The van der Waals surface area contributed by atoms with Gasteiger partial charge >= 0.3 is 0 Å². The van der Waals surface area contributed by atoms with Gasteiger partial charge in [0.2, 0.25) is 10.0 Å². The lowest BCUT2D eigenvalue weighted by Gasteiger charge is -2.18. The van der Waals surface area contributed by atoms with E-state index in [0.29, 0.717) is 0 Å². The highest BCUT2D eigenvalue weighted by molar-refractivity contribution is 7.89. The molecule has 2 aromatic rings. The summed E-state index contributed by atoms with van der Waals surface area (Å²) in [5.41, 5.74) is 5.46. The molecule has 0 radical (unpaired) electrons. The zero-order valence-corrected chi connectivity index (χ0v) is 14.1. The Hall–Kier alpha value is -1.44. The molecule has 0 fully saturated rings. The summed E-state index contributed by atoms with van der Waals surface area (Å²) in [5.74, 6) is 0. The molecule has 0 amide bonds. The van der Waals surface area contributed by atoms with Crippen molar-refractivity contribution in [1.29, 1.82) is 0 Å². The highest BCUT2D eigenvalue weighted by atomic mass is 32.2. The van der Waals surface area contributed by atoms with E-state index in [9.17, 15) is 8.42 Å². The van der Waals surface area contributed by atoms with Crippen molar-refractivity contribution in [3.63, 3.8) is 0 Å². The number of nitrogens with one attached hydrogen (secondary N) is 1. The fraction of sp³-hybridized carbons (Fsp3) is 0.357. The smallest absolute Gasteiger partial charge is 0.238 e. The van der Waals surface area contributed by atoms with Gasteiger partial charge in [-0.1, -0.05) is 0 Å². The van der Waals surface area contributed by atoms with E-state index in [-0.39, 0.29) is 10.9 Å². The van der Waals surface area contributed by atoms with Crippen LogP contribution < -0.4 is 10.5 Å². The highest BCUT2D eigenvalue weighted by Gasteiger charge is 2.16. The number of nitrogens with zero attached hydrogens (tertiary/aromatic N) is 1. The number of hydrogen-bond acceptors (Lipinski definition) is 5. The first-order valence-corrected chi connectivity index (χ1v) is 8.93. The molecule has 2 rings (SSSR count). The topological polar surface area (TPSA) is 85.1 Å². The van der Waals surface area contributed by atoms with Crippen molar-refractivity contribution in [1.82, 2.24) is 4.98 Å². The van der Waals surface area contributed by atoms with Crippen LogP contribution in [0.4, 0.5) is 5.69 Å². The van der Waals surface area contributed by atoms with Gasteiger partial charge in [0.15, 0.2) is 0 Å². The third-order valence-corrected chi connectivity index (χ3v) is 5.52. The number of aromatic nitrogens is 1. The van der Waals surface area contributed by atoms with Crippen LogP contribution >= 0.6 is 11.3 Å². The summed E-state index contributed by atoms with van der Waals surface area (Å²) >= 11 is 1.58. The second-order valence-corrected chi connectivity index (χ2v) is 7.57. The zero-order valence-electron chi connectivity index (χ0n) is 12.5. The number of nitrogens with two attached hydrogens (primary N) is 1. The van der Waals surface area contributed by atoms with E-state index in [1.807, 2.05) is 33.2 Å². The number of anilines is 1. The molecule has 5 nitrogen and oxygen atoms in total. The Morgan fingerprint density at radius 2 is 1.95 bits per heavy atom. The van der Waals surface area contributed by atoms with Gasteiger partial charge < -0.3 is 5.32 Å². The summed E-state index contributed by atoms with van der Waals surface area (Å²) in [6.07, 6.45) is 0. The zero-order chi connectivity index (χ0) is 15.8. The average molecular weight is 325 g/mol. The summed E-state index contributed by atoms with van der Waals surface area (Å²) in [4.78, 5) is 5.50. The summed E-state index contributed by atoms with van der Waals surface area (Å²) in [6, 6.07) is 3.23. The molecule has 1 heterocycles. The summed E-state index contributed by atoms with van der Waals surface area (Å²) in [7, 11) is -3.71. The summed E-state index contributed by atoms with van der Waals surface area (Å²) in [6.45, 7) is 7.82. The van der Waals surface area contributed by atoms with E-state index in [4.69, 9.17) is 5.14 Å². The molecule has 7 heteroatoms. The van der Waals surface area contributed by atoms with E-state index >= 15 is 0 Å². The molecular weight excluding hydrogens is 306 g/mol. The van der Waals surface area contributed by atoms with Crippen molar-refractivity contribution in [2.75, 3.05) is 5.32 Å². The third kappa shape index (κ3) is 3.42. The maximum absolute atomic E-state index is 11.6. The molecule has 114 valence electrons. The Morgan fingerprint density at radius 1 is 1.29 bits per heavy atom. The number of thiazole rings is 1. The molecule has 0 aliphatic rings. The number of primary sulfonamides is 1. The van der Waals surface area contributed by atoms with Crippen LogP contribution in [0.25, 0.3) is 0 Å². The third-order valence-electron chi connectivity index (χ3n) is 3.52. The van der Waals surface area contributed by atoms with Crippen LogP contribution in [-0.2, 0) is 10.0 Å². The first-order chi connectivity index (χ1) is 9.70. The Morgan fingerprint density at radius 3 is 2.48 bits per heavy atom. The summed E-state index contributed by atoms with van der Waals surface area (Å²) < 4.78 is 23.1. The van der Waals surface area contributed by atoms with Crippen molar-refractivity contribution in [3.8, 4) is 0 Å². The molecule has 0 spiro atoms. The van der Waals surface area contributed by atoms with Gasteiger partial charge in [-0.3, -0.25) is 0 Å². The lowest BCUT2D eigenvalue weighted by Crippen LogP contribution is -2.14. The fourth-order valence-corrected chi connectivity index (χ4v) is 3.60. The minimum absolute atomic E-state index is 0.0475. The van der Waals surface area contributed by atoms with Crippen molar-refractivity contribution in [3.05, 3.63) is 39.3 Å². The van der Waals surface area contributed by atoms with Gasteiger partial charge in [0.1, 0.15) is 0 Å². The maximum Gasteiger partial charge on any atom is 0.238 e. The number of aryl methyl sites for hydroxylation is 2. The molecule has 0 aliphatic heterocycles. The molecule has 3 N–H and O–H groups in total. The van der Waals surface area contributed by atoms with Gasteiger partial charge in [-0.25, -0.2) is 18.5 Å². The van der Waals surface area contributed by atoms with Crippen LogP contribution in [0.5, 0.6) is 0 Å². The van der Waals surface area contributed by atoms with E-state index in [0.717, 1.165) is 27.4 Å². The molecule has 1 atom stereocenters. The van der Waals surface area contributed by atoms with Gasteiger partial charge in [-0.2, -0.15) is 0 Å². The van der Waals surface area contributed by atoms with Gasteiger partial charge in [-0.15, -0.1) is 11.3 Å². The summed E-state index contributed by atoms with van der Waals surface area (Å²) in [5, 5.41) is 8.59. The molecule has 0 aliphatic carbocycles. The molecule has 21 heavy (non-hydrogen) atoms. The number of hydrogen-bond donors (Lipinski definition) is 2. The van der Waals surface area contributed by atoms with Crippen molar-refractivity contribution in [2.24, 2.45) is 5.14 Å². The first-order valence-electron chi connectivity index (χ1n) is 6.50. The average Bonchev–Trinajstić information content (AvgIpc) is 2.79. The van der Waals surface area contributed by atoms with Crippen molar-refractivity contribution >= 4 is 27.0 Å². The van der Waals surface area contributed by atoms with E-state index in [2.05, 4.69) is 10.3 Å². The molecule has 0 saturated carbocycles. The second kappa shape index (κ2) is 5.75. The van der Waals surface area contributed by atoms with Gasteiger partial charge in [-0.05, 0) is 51.0 Å². The SMILES string of the molecule is Cc1cc(S(N)(=O)=O)cc(NC(C)c2scnc2C)c1C. The molecule has 1 aromatic heterocycles. The lowest BCUT2D eigenvalue weighted by atomic mass is 10.1. The monoisotopic (exact) mass is 325 g/mol. The Labute approximate surface area is 129 Å². The normalized spacial score (nSPS) is 13.2. The number of sulfonamides is 1. The van der Waals surface area contributed by atoms with Gasteiger partial charge in [0, 0.05) is 10.6 Å². The molecule has 1 unspecified atom stereocenters. The largest absolute Gasteiger partial charge is 0.377 e. The van der Waals surface area contributed by atoms with Gasteiger partial charge in [0.05, 0.1) is 22.1 Å². The highest BCUT2D eigenvalue weighted by Crippen LogP contribution is 2.29. The first kappa shape index (κ1) is 15.9. The predicted octanol–water partition coefficient (Wildman–Crippen LogP) is 2.89. The standard InChI is InChI=1S/C14H19N3O2S2/c1-8-5-12(21(15,18)19)6-13(9(8)2)17-11(4)14-10(3)16-7-20-14/h5-7,11,17H,1-4H3,(H2,15,18,19). The number of rotatable bonds is 4. The molecular formula is C14H19N3O2S2. The molecule has 0 bridgehead atoms. The van der Waals surface area contributed by atoms with Crippen molar-refractivity contribution < 1.29 is 8.42 Å². The Bertz CT molecular complexity index is 767. The quantitative estimate of drug-likeness (QED) is 0.905. The Balaban J connectivity index is 2.40. The number of benzene rings is 1. The molecule has 0 saturated heterocycles. The van der Waals surface area contributed by atoms with E-state index < -0.39 is 10.0 Å². The van der Waals surface area contributed by atoms with Crippen LogP contribution in [0, 0.1) is 20.8 Å². The fourth-order valence-electron chi connectivity index (χ4n) is 2.17. The lowest BCUT2D eigenvalue weighted by molar-refractivity contribution is 0.597. The van der Waals surface area contributed by atoms with Crippen LogP contribution in [0.1, 0.15) is 34.7 Å². The van der Waals surface area contributed by atoms with Crippen molar-refractivity contribution in [2.45, 2.75) is 38.6 Å². The van der Waals surface area contributed by atoms with Crippen LogP contribution in [0.15, 0.2) is 22.5 Å². The maximum atomic E-state index is 11.6. The van der Waals surface area contributed by atoms with Crippen LogP contribution in [0.2, 0.25) is 0 Å². The second-order valence-electron chi connectivity index (χ2n) is 5.13.